The number of hydrogen-bond acceptors (Lipinski definition) is 2. The fraction of sp³-hybridized carbons (Fsp3) is 0.909. The van der Waals surface area contributed by atoms with E-state index in [0.29, 0.717) is 17.7 Å². The first kappa shape index (κ1) is 10.7. The summed E-state index contributed by atoms with van der Waals surface area (Å²) in [6, 6.07) is 0.649. The molecule has 0 amide bonds. The molecule has 1 aliphatic carbocycles. The molecule has 0 aromatic heterocycles. The number of Topliss-reactive ketones (excluding diaryl/α,β-unsaturated/α-hetero) is 1. The van der Waals surface area contributed by atoms with Crippen molar-refractivity contribution in [3.63, 3.8) is 0 Å². The number of ketones is 1. The molecular formula is C11H21NO. The van der Waals surface area contributed by atoms with E-state index in [9.17, 15) is 4.79 Å². The standard InChI is InChI=1S/C11H21NO/c1-8(2)11(13)9-4-6-10(12-3)7-5-9/h8-10,12H,4-7H2,1-3H3. The van der Waals surface area contributed by atoms with E-state index >= 15 is 0 Å². The van der Waals surface area contributed by atoms with Crippen LogP contribution in [0.15, 0.2) is 0 Å². The highest BCUT2D eigenvalue weighted by atomic mass is 16.1. The quantitative estimate of drug-likeness (QED) is 0.725. The zero-order chi connectivity index (χ0) is 9.84. The van der Waals surface area contributed by atoms with Gasteiger partial charge in [0, 0.05) is 17.9 Å². The fourth-order valence-corrected chi connectivity index (χ4v) is 2.14. The lowest BCUT2D eigenvalue weighted by Crippen LogP contribution is -2.33. The van der Waals surface area contributed by atoms with Crippen LogP contribution >= 0.6 is 0 Å². The maximum Gasteiger partial charge on any atom is 0.138 e. The van der Waals surface area contributed by atoms with E-state index < -0.39 is 0 Å². The molecule has 0 aromatic rings. The zero-order valence-corrected chi connectivity index (χ0v) is 8.97. The van der Waals surface area contributed by atoms with Crippen molar-refractivity contribution in [2.45, 2.75) is 45.6 Å². The van der Waals surface area contributed by atoms with Crippen LogP contribution in [0.25, 0.3) is 0 Å². The van der Waals surface area contributed by atoms with Gasteiger partial charge in [0.15, 0.2) is 0 Å². The van der Waals surface area contributed by atoms with E-state index in [1.165, 1.54) is 12.8 Å². The van der Waals surface area contributed by atoms with E-state index in [4.69, 9.17) is 0 Å². The summed E-state index contributed by atoms with van der Waals surface area (Å²) in [5.41, 5.74) is 0. The first-order valence-electron chi connectivity index (χ1n) is 5.36. The van der Waals surface area contributed by atoms with Crippen molar-refractivity contribution in [3.8, 4) is 0 Å². The Morgan fingerprint density at radius 2 is 1.77 bits per heavy atom. The summed E-state index contributed by atoms with van der Waals surface area (Å²) >= 11 is 0. The highest BCUT2D eigenvalue weighted by molar-refractivity contribution is 5.82. The Balaban J connectivity index is 2.36. The summed E-state index contributed by atoms with van der Waals surface area (Å²) in [6.45, 7) is 4.01. The smallest absolute Gasteiger partial charge is 0.138 e. The van der Waals surface area contributed by atoms with Crippen LogP contribution < -0.4 is 5.32 Å². The van der Waals surface area contributed by atoms with Gasteiger partial charge in [-0.3, -0.25) is 4.79 Å². The third kappa shape index (κ3) is 2.80. The first-order chi connectivity index (χ1) is 6.15. The molecule has 0 heterocycles. The lowest BCUT2D eigenvalue weighted by atomic mass is 9.80. The van der Waals surface area contributed by atoms with Crippen LogP contribution in [-0.2, 0) is 4.79 Å². The summed E-state index contributed by atoms with van der Waals surface area (Å²) < 4.78 is 0. The Morgan fingerprint density at radius 1 is 1.23 bits per heavy atom. The summed E-state index contributed by atoms with van der Waals surface area (Å²) in [5, 5.41) is 3.28. The predicted molar refractivity (Wildman–Crippen MR) is 54.7 cm³/mol. The molecule has 1 rings (SSSR count). The summed E-state index contributed by atoms with van der Waals surface area (Å²) in [5.74, 6) is 1.04. The van der Waals surface area contributed by atoms with Gasteiger partial charge >= 0.3 is 0 Å². The van der Waals surface area contributed by atoms with Crippen molar-refractivity contribution in [1.29, 1.82) is 0 Å². The minimum atomic E-state index is 0.219. The van der Waals surface area contributed by atoms with Crippen LogP contribution in [-0.4, -0.2) is 18.9 Å². The molecule has 1 fully saturated rings. The number of nitrogens with one attached hydrogen (secondary N) is 1. The molecule has 0 bridgehead atoms. The topological polar surface area (TPSA) is 29.1 Å². The third-order valence-corrected chi connectivity index (χ3v) is 3.11. The number of rotatable bonds is 3. The van der Waals surface area contributed by atoms with E-state index in [-0.39, 0.29) is 5.92 Å². The molecule has 0 unspecified atom stereocenters. The van der Waals surface area contributed by atoms with Crippen LogP contribution in [0.1, 0.15) is 39.5 Å². The molecule has 76 valence electrons. The SMILES string of the molecule is CNC1CCC(C(=O)C(C)C)CC1. The third-order valence-electron chi connectivity index (χ3n) is 3.11. The molecular weight excluding hydrogens is 162 g/mol. The number of hydrogen-bond donors (Lipinski definition) is 1. The normalized spacial score (nSPS) is 29.2. The maximum atomic E-state index is 11.7. The van der Waals surface area contributed by atoms with E-state index in [1.807, 2.05) is 20.9 Å². The monoisotopic (exact) mass is 183 g/mol. The molecule has 1 saturated carbocycles. The lowest BCUT2D eigenvalue weighted by molar-refractivity contribution is -0.126. The van der Waals surface area contributed by atoms with Crippen LogP contribution in [0, 0.1) is 11.8 Å². The average molecular weight is 183 g/mol. The van der Waals surface area contributed by atoms with Crippen molar-refractivity contribution in [3.05, 3.63) is 0 Å². The second-order valence-electron chi connectivity index (χ2n) is 4.39. The molecule has 0 aromatic carbocycles. The molecule has 2 heteroatoms. The predicted octanol–water partition coefficient (Wildman–Crippen LogP) is 1.99. The molecule has 1 N–H and O–H groups in total. The van der Waals surface area contributed by atoms with Crippen molar-refractivity contribution in [2.75, 3.05) is 7.05 Å². The maximum absolute atomic E-state index is 11.7. The highest BCUT2D eigenvalue weighted by Crippen LogP contribution is 2.26. The van der Waals surface area contributed by atoms with E-state index in [0.717, 1.165) is 12.8 Å². The van der Waals surface area contributed by atoms with Crippen molar-refractivity contribution in [1.82, 2.24) is 5.32 Å². The Hall–Kier alpha value is -0.370. The second-order valence-corrected chi connectivity index (χ2v) is 4.39. The Bertz CT molecular complexity index is 169. The summed E-state index contributed by atoms with van der Waals surface area (Å²) in [7, 11) is 2.01. The molecule has 0 aliphatic heterocycles. The van der Waals surface area contributed by atoms with Gasteiger partial charge in [-0.25, -0.2) is 0 Å². The number of carbonyl (C=O) groups excluding carboxylic acids is 1. The van der Waals surface area contributed by atoms with Gasteiger partial charge in [-0.15, -0.1) is 0 Å². The largest absolute Gasteiger partial charge is 0.317 e. The Kier molecular flexibility index (Phi) is 3.91. The average Bonchev–Trinajstić information content (AvgIpc) is 2.17. The molecule has 1 aliphatic rings. The minimum absolute atomic E-state index is 0.219. The van der Waals surface area contributed by atoms with Crippen molar-refractivity contribution >= 4 is 5.78 Å². The molecule has 0 spiro atoms. The zero-order valence-electron chi connectivity index (χ0n) is 8.97. The molecule has 0 saturated heterocycles. The van der Waals surface area contributed by atoms with Crippen molar-refractivity contribution < 1.29 is 4.79 Å². The van der Waals surface area contributed by atoms with Gasteiger partial charge in [0.25, 0.3) is 0 Å². The van der Waals surface area contributed by atoms with Crippen LogP contribution in [0.4, 0.5) is 0 Å². The van der Waals surface area contributed by atoms with E-state index in [2.05, 4.69) is 5.32 Å². The fourth-order valence-electron chi connectivity index (χ4n) is 2.14. The summed E-state index contributed by atoms with van der Waals surface area (Å²) in [6.07, 6.45) is 4.50. The van der Waals surface area contributed by atoms with Crippen LogP contribution in [0.5, 0.6) is 0 Å². The van der Waals surface area contributed by atoms with Gasteiger partial charge in [0.1, 0.15) is 5.78 Å². The van der Waals surface area contributed by atoms with Crippen LogP contribution in [0.3, 0.4) is 0 Å². The number of carbonyl (C=O) groups is 1. The van der Waals surface area contributed by atoms with Gasteiger partial charge < -0.3 is 5.32 Å². The van der Waals surface area contributed by atoms with E-state index in [1.54, 1.807) is 0 Å². The van der Waals surface area contributed by atoms with Crippen LogP contribution in [0.2, 0.25) is 0 Å². The second kappa shape index (κ2) is 4.75. The molecule has 2 nitrogen and oxygen atoms in total. The van der Waals surface area contributed by atoms with Gasteiger partial charge in [0.05, 0.1) is 0 Å². The molecule has 0 atom stereocenters. The van der Waals surface area contributed by atoms with Gasteiger partial charge in [0.2, 0.25) is 0 Å². The summed E-state index contributed by atoms with van der Waals surface area (Å²) in [4.78, 5) is 11.7. The first-order valence-corrected chi connectivity index (χ1v) is 5.36. The lowest BCUT2D eigenvalue weighted by Gasteiger charge is -2.28. The Morgan fingerprint density at radius 3 is 2.15 bits per heavy atom. The van der Waals surface area contributed by atoms with Gasteiger partial charge in [-0.1, -0.05) is 13.8 Å². The van der Waals surface area contributed by atoms with Gasteiger partial charge in [-0.05, 0) is 32.7 Å². The molecule has 0 radical (unpaired) electrons. The van der Waals surface area contributed by atoms with Gasteiger partial charge in [-0.2, -0.15) is 0 Å². The highest BCUT2D eigenvalue weighted by Gasteiger charge is 2.26. The Labute approximate surface area is 81.1 Å². The van der Waals surface area contributed by atoms with Crippen molar-refractivity contribution in [2.24, 2.45) is 11.8 Å². The minimum Gasteiger partial charge on any atom is -0.317 e. The molecule has 13 heavy (non-hydrogen) atoms.